The number of aromatic nitrogens is 5. The number of carbonyl (C=O) groups excluding carboxylic acids is 1. The Hall–Kier alpha value is -3.07. The Morgan fingerprint density at radius 1 is 1.29 bits per heavy atom. The first kappa shape index (κ1) is 19.9. The van der Waals surface area contributed by atoms with Crippen molar-refractivity contribution in [2.45, 2.75) is 38.3 Å². The standard InChI is InChI=1S/C22H26N6O3/c1-14-6-18(31-25-14)9-22(29)27-11-16-7-20(21(30-2)8-17(16)12-27)28-13-19(24-26-28)15-4-3-5-23-10-15/h3-6,10,13,16-17,20-21H,7-9,11-12H2,1-2H3/t16-,17+,20-,21-/m1/s1. The largest absolute Gasteiger partial charge is 0.379 e. The average molecular weight is 422 g/mol. The van der Waals surface area contributed by atoms with Crippen LogP contribution in [0.1, 0.15) is 30.3 Å². The molecule has 0 N–H and O–H groups in total. The fourth-order valence-electron chi connectivity index (χ4n) is 4.97. The third-order valence-electron chi connectivity index (χ3n) is 6.55. The number of pyridine rings is 1. The zero-order valence-corrected chi connectivity index (χ0v) is 17.7. The van der Waals surface area contributed by atoms with Crippen LogP contribution in [-0.4, -0.2) is 62.2 Å². The van der Waals surface area contributed by atoms with Crippen molar-refractivity contribution in [2.75, 3.05) is 20.2 Å². The van der Waals surface area contributed by atoms with Gasteiger partial charge in [-0.25, -0.2) is 4.68 Å². The fraction of sp³-hybridized carbons (Fsp3) is 0.500. The lowest BCUT2D eigenvalue weighted by Gasteiger charge is -2.36. The highest BCUT2D eigenvalue weighted by Crippen LogP contribution is 2.42. The maximum absolute atomic E-state index is 12.8. The minimum atomic E-state index is 0.0386. The Kier molecular flexibility index (Phi) is 5.27. The van der Waals surface area contributed by atoms with Crippen LogP contribution in [-0.2, 0) is 16.0 Å². The van der Waals surface area contributed by atoms with Gasteiger partial charge in [0.05, 0.1) is 30.5 Å². The molecule has 1 aliphatic heterocycles. The third-order valence-corrected chi connectivity index (χ3v) is 6.55. The highest BCUT2D eigenvalue weighted by Gasteiger charge is 2.44. The number of carbonyl (C=O) groups is 1. The van der Waals surface area contributed by atoms with E-state index in [0.717, 1.165) is 42.9 Å². The SMILES string of the molecule is CO[C@@H]1C[C@H]2CN(C(=O)Cc3cc(C)no3)C[C@H]2C[C@H]1n1cc(-c2cccnc2)nn1. The van der Waals surface area contributed by atoms with Gasteiger partial charge in [-0.3, -0.25) is 9.78 Å². The van der Waals surface area contributed by atoms with Gasteiger partial charge in [-0.1, -0.05) is 10.4 Å². The van der Waals surface area contributed by atoms with E-state index in [1.54, 1.807) is 19.5 Å². The second-order valence-electron chi connectivity index (χ2n) is 8.57. The maximum atomic E-state index is 12.8. The molecular weight excluding hydrogens is 396 g/mol. The smallest absolute Gasteiger partial charge is 0.230 e. The molecule has 3 aromatic rings. The molecule has 0 spiro atoms. The molecule has 162 valence electrons. The molecule has 1 aliphatic carbocycles. The predicted octanol–water partition coefficient (Wildman–Crippen LogP) is 2.30. The first-order valence-corrected chi connectivity index (χ1v) is 10.7. The van der Waals surface area contributed by atoms with Gasteiger partial charge in [-0.15, -0.1) is 5.10 Å². The zero-order valence-electron chi connectivity index (χ0n) is 17.7. The monoisotopic (exact) mass is 422 g/mol. The number of fused-ring (bicyclic) bond motifs is 1. The molecule has 4 heterocycles. The summed E-state index contributed by atoms with van der Waals surface area (Å²) >= 11 is 0. The van der Waals surface area contributed by atoms with E-state index in [2.05, 4.69) is 20.5 Å². The molecule has 0 unspecified atom stereocenters. The third kappa shape index (κ3) is 3.97. The van der Waals surface area contributed by atoms with Crippen molar-refractivity contribution in [3.63, 3.8) is 0 Å². The van der Waals surface area contributed by atoms with E-state index < -0.39 is 0 Å². The van der Waals surface area contributed by atoms with Crippen LogP contribution in [0.15, 0.2) is 41.3 Å². The molecule has 2 fully saturated rings. The van der Waals surface area contributed by atoms with Crippen molar-refractivity contribution in [1.29, 1.82) is 0 Å². The molecular formula is C22H26N6O3. The number of aryl methyl sites for hydroxylation is 1. The molecule has 1 saturated carbocycles. The summed E-state index contributed by atoms with van der Waals surface area (Å²) in [5, 5.41) is 12.6. The van der Waals surface area contributed by atoms with Crippen molar-refractivity contribution in [1.82, 2.24) is 30.0 Å². The van der Waals surface area contributed by atoms with Gasteiger partial charge in [-0.05, 0) is 43.7 Å². The maximum Gasteiger partial charge on any atom is 0.230 e. The van der Waals surface area contributed by atoms with Gasteiger partial charge in [-0.2, -0.15) is 0 Å². The molecule has 0 bridgehead atoms. The molecule has 5 rings (SSSR count). The van der Waals surface area contributed by atoms with Gasteiger partial charge in [0.25, 0.3) is 0 Å². The number of nitrogens with zero attached hydrogens (tertiary/aromatic N) is 6. The summed E-state index contributed by atoms with van der Waals surface area (Å²) in [7, 11) is 1.75. The Bertz CT molecular complexity index is 1050. The van der Waals surface area contributed by atoms with Crippen LogP contribution in [0.4, 0.5) is 0 Å². The number of hydrogen-bond donors (Lipinski definition) is 0. The second-order valence-corrected chi connectivity index (χ2v) is 8.57. The quantitative estimate of drug-likeness (QED) is 0.622. The van der Waals surface area contributed by atoms with Crippen LogP contribution in [0.25, 0.3) is 11.3 Å². The van der Waals surface area contributed by atoms with Gasteiger partial charge in [0.1, 0.15) is 11.5 Å². The first-order valence-electron chi connectivity index (χ1n) is 10.7. The van der Waals surface area contributed by atoms with E-state index >= 15 is 0 Å². The van der Waals surface area contributed by atoms with Crippen LogP contribution in [0.2, 0.25) is 0 Å². The van der Waals surface area contributed by atoms with Gasteiger partial charge >= 0.3 is 0 Å². The minimum absolute atomic E-state index is 0.0386. The van der Waals surface area contributed by atoms with E-state index in [4.69, 9.17) is 9.26 Å². The van der Waals surface area contributed by atoms with Crippen molar-refractivity contribution in [2.24, 2.45) is 11.8 Å². The fourth-order valence-corrected chi connectivity index (χ4v) is 4.97. The molecule has 9 heteroatoms. The molecule has 1 saturated heterocycles. The Morgan fingerprint density at radius 2 is 2.13 bits per heavy atom. The normalized spacial score (nSPS) is 25.5. The lowest BCUT2D eigenvalue weighted by Crippen LogP contribution is -2.37. The van der Waals surface area contributed by atoms with Gasteiger partial charge in [0.15, 0.2) is 0 Å². The van der Waals surface area contributed by atoms with Crippen LogP contribution < -0.4 is 0 Å². The van der Waals surface area contributed by atoms with Crippen LogP contribution in [0.3, 0.4) is 0 Å². The summed E-state index contributed by atoms with van der Waals surface area (Å²) in [5.41, 5.74) is 2.54. The van der Waals surface area contributed by atoms with E-state index in [-0.39, 0.29) is 24.5 Å². The summed E-state index contributed by atoms with van der Waals surface area (Å²) in [6.45, 7) is 3.38. The predicted molar refractivity (Wildman–Crippen MR) is 111 cm³/mol. The van der Waals surface area contributed by atoms with Gasteiger partial charge in [0.2, 0.25) is 5.91 Å². The van der Waals surface area contributed by atoms with E-state index in [1.165, 1.54) is 0 Å². The van der Waals surface area contributed by atoms with Crippen molar-refractivity contribution in [3.05, 3.63) is 48.2 Å². The number of hydrogen-bond acceptors (Lipinski definition) is 7. The number of ether oxygens (including phenoxy) is 1. The Balaban J connectivity index is 1.28. The lowest BCUT2D eigenvalue weighted by molar-refractivity contribution is -0.130. The Labute approximate surface area is 180 Å². The van der Waals surface area contributed by atoms with Crippen molar-refractivity contribution < 1.29 is 14.1 Å². The number of likely N-dealkylation sites (tertiary alicyclic amines) is 1. The molecule has 0 aromatic carbocycles. The molecule has 3 aromatic heterocycles. The minimum Gasteiger partial charge on any atom is -0.379 e. The van der Waals surface area contributed by atoms with Crippen LogP contribution >= 0.6 is 0 Å². The highest BCUT2D eigenvalue weighted by atomic mass is 16.5. The summed E-state index contributed by atoms with van der Waals surface area (Å²) in [4.78, 5) is 18.9. The first-order chi connectivity index (χ1) is 15.1. The summed E-state index contributed by atoms with van der Waals surface area (Å²) in [6, 6.07) is 5.78. The molecule has 4 atom stereocenters. The molecule has 31 heavy (non-hydrogen) atoms. The van der Waals surface area contributed by atoms with E-state index in [0.29, 0.717) is 17.6 Å². The second kappa shape index (κ2) is 8.22. The van der Waals surface area contributed by atoms with Crippen molar-refractivity contribution >= 4 is 5.91 Å². The van der Waals surface area contributed by atoms with Gasteiger partial charge in [0, 0.05) is 44.2 Å². The average Bonchev–Trinajstić information content (AvgIpc) is 3.52. The highest BCUT2D eigenvalue weighted by molar-refractivity contribution is 5.78. The van der Waals surface area contributed by atoms with Crippen LogP contribution in [0.5, 0.6) is 0 Å². The molecule has 0 radical (unpaired) electrons. The van der Waals surface area contributed by atoms with E-state index in [9.17, 15) is 4.79 Å². The lowest BCUT2D eigenvalue weighted by atomic mass is 9.77. The summed E-state index contributed by atoms with van der Waals surface area (Å²) < 4.78 is 13.0. The van der Waals surface area contributed by atoms with Gasteiger partial charge < -0.3 is 14.2 Å². The summed E-state index contributed by atoms with van der Waals surface area (Å²) in [5.74, 6) is 1.57. The topological polar surface area (TPSA) is 99.2 Å². The zero-order chi connectivity index (χ0) is 21.4. The number of amides is 1. The number of methoxy groups -OCH3 is 1. The molecule has 1 amide bonds. The van der Waals surface area contributed by atoms with E-state index in [1.807, 2.05) is 40.9 Å². The van der Waals surface area contributed by atoms with Crippen molar-refractivity contribution in [3.8, 4) is 11.3 Å². The molecule has 2 aliphatic rings. The summed E-state index contributed by atoms with van der Waals surface area (Å²) in [6.07, 6.45) is 7.61. The number of rotatable bonds is 5. The van der Waals surface area contributed by atoms with Crippen LogP contribution in [0, 0.1) is 18.8 Å². The Morgan fingerprint density at radius 3 is 2.84 bits per heavy atom. The molecule has 9 nitrogen and oxygen atoms in total.